The van der Waals surface area contributed by atoms with E-state index in [4.69, 9.17) is 11.6 Å². The highest BCUT2D eigenvalue weighted by atomic mass is 35.5. The zero-order valence-electron chi connectivity index (χ0n) is 9.73. The van der Waals surface area contributed by atoms with E-state index in [1.165, 1.54) is 0 Å². The van der Waals surface area contributed by atoms with Gasteiger partial charge in [-0.25, -0.2) is 9.97 Å². The van der Waals surface area contributed by atoms with Crippen molar-refractivity contribution in [3.8, 4) is 0 Å². The first-order valence-corrected chi connectivity index (χ1v) is 6.03. The lowest BCUT2D eigenvalue weighted by atomic mass is 10.4. The van der Waals surface area contributed by atoms with Crippen molar-refractivity contribution in [2.75, 3.05) is 5.32 Å². The van der Waals surface area contributed by atoms with Gasteiger partial charge in [0, 0.05) is 25.1 Å². The molecule has 0 aromatic carbocycles. The van der Waals surface area contributed by atoms with E-state index in [-0.39, 0.29) is 0 Å². The molecule has 0 amide bonds. The standard InChI is InChI=1S/C12H15ClN4/c1-2-7-17-8-6-14-11(17)9-16-10-4-3-5-15-12(10)13/h3-6,8,16H,2,7,9H2,1H3. The Morgan fingerprint density at radius 2 is 2.24 bits per heavy atom. The normalized spacial score (nSPS) is 10.5. The molecule has 2 aromatic heterocycles. The van der Waals surface area contributed by atoms with Gasteiger partial charge in [0.05, 0.1) is 12.2 Å². The molecule has 0 aliphatic heterocycles. The molecule has 0 fully saturated rings. The minimum Gasteiger partial charge on any atom is -0.375 e. The number of hydrogen-bond acceptors (Lipinski definition) is 3. The predicted octanol–water partition coefficient (Wildman–Crippen LogP) is 2.95. The molecule has 0 radical (unpaired) electrons. The Kier molecular flexibility index (Phi) is 3.98. The molecule has 2 aromatic rings. The number of rotatable bonds is 5. The highest BCUT2D eigenvalue weighted by Crippen LogP contribution is 2.18. The molecule has 4 nitrogen and oxygen atoms in total. The Bertz CT molecular complexity index is 481. The van der Waals surface area contributed by atoms with Crippen molar-refractivity contribution in [3.05, 3.63) is 41.7 Å². The molecule has 0 saturated heterocycles. The number of aryl methyl sites for hydroxylation is 1. The molecule has 0 bridgehead atoms. The molecule has 0 aliphatic carbocycles. The summed E-state index contributed by atoms with van der Waals surface area (Å²) in [5.41, 5.74) is 0.834. The highest BCUT2D eigenvalue weighted by molar-refractivity contribution is 6.31. The Labute approximate surface area is 106 Å². The first-order chi connectivity index (χ1) is 8.31. The third kappa shape index (κ3) is 2.97. The largest absolute Gasteiger partial charge is 0.375 e. The van der Waals surface area contributed by atoms with Crippen molar-refractivity contribution in [3.63, 3.8) is 0 Å². The second-order valence-electron chi connectivity index (χ2n) is 3.73. The van der Waals surface area contributed by atoms with Gasteiger partial charge in [-0.15, -0.1) is 0 Å². The first kappa shape index (κ1) is 11.9. The molecule has 0 aliphatic rings. The van der Waals surface area contributed by atoms with Crippen LogP contribution >= 0.6 is 11.6 Å². The minimum atomic E-state index is 0.487. The predicted molar refractivity (Wildman–Crippen MR) is 69.1 cm³/mol. The number of nitrogens with one attached hydrogen (secondary N) is 1. The second-order valence-corrected chi connectivity index (χ2v) is 4.09. The summed E-state index contributed by atoms with van der Waals surface area (Å²) in [6.07, 6.45) is 6.57. The molecule has 0 saturated carbocycles. The molecule has 5 heteroatoms. The van der Waals surface area contributed by atoms with Crippen molar-refractivity contribution in [1.29, 1.82) is 0 Å². The third-order valence-corrected chi connectivity index (χ3v) is 2.76. The third-order valence-electron chi connectivity index (χ3n) is 2.46. The summed E-state index contributed by atoms with van der Waals surface area (Å²) in [6, 6.07) is 3.76. The maximum Gasteiger partial charge on any atom is 0.152 e. The van der Waals surface area contributed by atoms with Crippen LogP contribution in [0, 0.1) is 0 Å². The van der Waals surface area contributed by atoms with Gasteiger partial charge in [-0.1, -0.05) is 18.5 Å². The lowest BCUT2D eigenvalue weighted by Crippen LogP contribution is -2.08. The Morgan fingerprint density at radius 3 is 3.00 bits per heavy atom. The van der Waals surface area contributed by atoms with Crippen LogP contribution in [0.4, 0.5) is 5.69 Å². The SMILES string of the molecule is CCCn1ccnc1CNc1cccnc1Cl. The van der Waals surface area contributed by atoms with Crippen molar-refractivity contribution >= 4 is 17.3 Å². The van der Waals surface area contributed by atoms with Gasteiger partial charge in [0.15, 0.2) is 5.15 Å². The highest BCUT2D eigenvalue weighted by Gasteiger charge is 2.03. The lowest BCUT2D eigenvalue weighted by Gasteiger charge is -2.09. The zero-order chi connectivity index (χ0) is 12.1. The quantitative estimate of drug-likeness (QED) is 0.830. The van der Waals surface area contributed by atoms with Crippen molar-refractivity contribution in [1.82, 2.24) is 14.5 Å². The Morgan fingerprint density at radius 1 is 1.35 bits per heavy atom. The summed E-state index contributed by atoms with van der Waals surface area (Å²) < 4.78 is 2.14. The van der Waals surface area contributed by atoms with Crippen LogP contribution in [0.1, 0.15) is 19.2 Å². The van der Waals surface area contributed by atoms with Crippen LogP contribution in [0.2, 0.25) is 5.15 Å². The summed E-state index contributed by atoms with van der Waals surface area (Å²) in [7, 11) is 0. The smallest absolute Gasteiger partial charge is 0.152 e. The lowest BCUT2D eigenvalue weighted by molar-refractivity contribution is 0.644. The number of nitrogens with zero attached hydrogens (tertiary/aromatic N) is 3. The molecule has 2 rings (SSSR count). The molecule has 2 heterocycles. The van der Waals surface area contributed by atoms with Gasteiger partial charge in [-0.2, -0.15) is 0 Å². The van der Waals surface area contributed by atoms with Gasteiger partial charge in [0.2, 0.25) is 0 Å². The van der Waals surface area contributed by atoms with Crippen molar-refractivity contribution in [2.24, 2.45) is 0 Å². The second kappa shape index (κ2) is 5.68. The molecule has 1 N–H and O–H groups in total. The van der Waals surface area contributed by atoms with Crippen molar-refractivity contribution in [2.45, 2.75) is 26.4 Å². The summed E-state index contributed by atoms with van der Waals surface area (Å²) in [6.45, 7) is 3.78. The van der Waals surface area contributed by atoms with Crippen LogP contribution in [0.5, 0.6) is 0 Å². The van der Waals surface area contributed by atoms with E-state index in [1.54, 1.807) is 6.20 Å². The number of halogens is 1. The van der Waals surface area contributed by atoms with E-state index in [2.05, 4.69) is 26.8 Å². The van der Waals surface area contributed by atoms with Gasteiger partial charge < -0.3 is 9.88 Å². The van der Waals surface area contributed by atoms with Gasteiger partial charge in [-0.3, -0.25) is 0 Å². The summed E-state index contributed by atoms with van der Waals surface area (Å²) >= 11 is 5.96. The molecule has 0 atom stereocenters. The first-order valence-electron chi connectivity index (χ1n) is 5.65. The van der Waals surface area contributed by atoms with E-state index >= 15 is 0 Å². The van der Waals surface area contributed by atoms with Crippen molar-refractivity contribution < 1.29 is 0 Å². The van der Waals surface area contributed by atoms with Gasteiger partial charge in [0.1, 0.15) is 5.82 Å². The molecule has 0 unspecified atom stereocenters. The van der Waals surface area contributed by atoms with Crippen LogP contribution in [0.15, 0.2) is 30.7 Å². The van der Waals surface area contributed by atoms with E-state index in [1.807, 2.05) is 24.5 Å². The number of hydrogen-bond donors (Lipinski definition) is 1. The van der Waals surface area contributed by atoms with Gasteiger partial charge in [-0.05, 0) is 18.6 Å². The fourth-order valence-corrected chi connectivity index (χ4v) is 1.83. The average molecular weight is 251 g/mol. The van der Waals surface area contributed by atoms with Crippen LogP contribution < -0.4 is 5.32 Å². The van der Waals surface area contributed by atoms with Gasteiger partial charge in [0.25, 0.3) is 0 Å². The summed E-state index contributed by atoms with van der Waals surface area (Å²) in [5, 5.41) is 3.72. The molecule has 17 heavy (non-hydrogen) atoms. The summed E-state index contributed by atoms with van der Waals surface area (Å²) in [4.78, 5) is 8.33. The van der Waals surface area contributed by atoms with E-state index in [0.717, 1.165) is 24.5 Å². The molecule has 90 valence electrons. The maximum atomic E-state index is 5.96. The van der Waals surface area contributed by atoms with E-state index < -0.39 is 0 Å². The van der Waals surface area contributed by atoms with Crippen LogP contribution in [-0.2, 0) is 13.1 Å². The fraction of sp³-hybridized carbons (Fsp3) is 0.333. The molecule has 0 spiro atoms. The number of pyridine rings is 1. The van der Waals surface area contributed by atoms with Crippen LogP contribution in [0.3, 0.4) is 0 Å². The molecular formula is C12H15ClN4. The number of aromatic nitrogens is 3. The van der Waals surface area contributed by atoms with Crippen LogP contribution in [0.25, 0.3) is 0 Å². The number of imidazole rings is 1. The number of anilines is 1. The van der Waals surface area contributed by atoms with E-state index in [9.17, 15) is 0 Å². The topological polar surface area (TPSA) is 42.7 Å². The molecular weight excluding hydrogens is 236 g/mol. The van der Waals surface area contributed by atoms with Crippen LogP contribution in [-0.4, -0.2) is 14.5 Å². The Balaban J connectivity index is 2.02. The Hall–Kier alpha value is -1.55. The fourth-order valence-electron chi connectivity index (χ4n) is 1.64. The maximum absolute atomic E-state index is 5.96. The monoisotopic (exact) mass is 250 g/mol. The van der Waals surface area contributed by atoms with Gasteiger partial charge >= 0.3 is 0 Å². The average Bonchev–Trinajstić information content (AvgIpc) is 2.76. The summed E-state index contributed by atoms with van der Waals surface area (Å²) in [5.74, 6) is 1.01. The zero-order valence-corrected chi connectivity index (χ0v) is 10.5. The van der Waals surface area contributed by atoms with E-state index in [0.29, 0.717) is 11.7 Å². The minimum absolute atomic E-state index is 0.487.